The van der Waals surface area contributed by atoms with Crippen molar-refractivity contribution < 1.29 is 78.6 Å². The van der Waals surface area contributed by atoms with E-state index in [-0.39, 0.29) is 98.1 Å². The molecule has 4 aromatic rings. The minimum atomic E-state index is -0.977. The number of hydrogen-bond acceptors (Lipinski definition) is 16. The number of ether oxygens (including phenoxy) is 3. The molecule has 24 heteroatoms. The molecule has 0 aliphatic carbocycles. The molecule has 4 atom stereocenters. The van der Waals surface area contributed by atoms with Crippen LogP contribution in [0.4, 0.5) is 23.0 Å². The van der Waals surface area contributed by atoms with E-state index < -0.39 is 26.1 Å². The zero-order chi connectivity index (χ0) is 45.5. The van der Waals surface area contributed by atoms with E-state index in [4.69, 9.17) is 39.6 Å². The van der Waals surface area contributed by atoms with Crippen LogP contribution in [0.15, 0.2) is 48.8 Å². The Hall–Kier alpha value is -5.20. The monoisotopic (exact) mass is 911 g/mol. The van der Waals surface area contributed by atoms with Gasteiger partial charge in [0.15, 0.2) is 11.6 Å². The summed E-state index contributed by atoms with van der Waals surface area (Å²) in [4.78, 5) is 36.1. The average Bonchev–Trinajstić information content (AvgIpc) is 3.92. The molecule has 2 aromatic heterocycles. The molecule has 6 heterocycles. The summed E-state index contributed by atoms with van der Waals surface area (Å²) >= 11 is 0. The number of nitrogens with zero attached hydrogens (tertiary/aromatic N) is 6. The number of esters is 1. The molecule has 3 radical (unpaired) electrons. The number of carbonyl (C=O) groups is 3. The van der Waals surface area contributed by atoms with Gasteiger partial charge in [-0.2, -0.15) is 20.7 Å². The molecule has 2 amide bonds. The van der Waals surface area contributed by atoms with Gasteiger partial charge in [-0.05, 0) is 65.6 Å². The number of nitriles is 2. The number of benzene rings is 2. The largest absolute Gasteiger partial charge is 1.00 e. The van der Waals surface area contributed by atoms with Crippen molar-refractivity contribution in [3.63, 3.8) is 0 Å². The Morgan fingerprint density at radius 3 is 1.88 bits per heavy atom. The Bertz CT molecular complexity index is 2460. The summed E-state index contributed by atoms with van der Waals surface area (Å²) in [6.45, 7) is 7.26. The van der Waals surface area contributed by atoms with Crippen molar-refractivity contribution in [1.29, 1.82) is 10.5 Å². The summed E-state index contributed by atoms with van der Waals surface area (Å²) in [5.74, 6) is -1.66. The maximum atomic E-state index is 12.2. The third kappa shape index (κ3) is 12.2. The fraction of sp³-hybridized carbons (Fsp3) is 0.452. The Morgan fingerprint density at radius 1 is 0.864 bits per heavy atom. The Morgan fingerprint density at radius 2 is 1.38 bits per heavy atom. The number of rotatable bonds is 11. The van der Waals surface area contributed by atoms with Crippen LogP contribution in [0.2, 0.25) is 0 Å². The fourth-order valence-electron chi connectivity index (χ4n) is 7.86. The van der Waals surface area contributed by atoms with Crippen molar-refractivity contribution in [2.45, 2.75) is 51.6 Å². The number of primary amides is 2. The van der Waals surface area contributed by atoms with E-state index >= 15 is 0 Å². The topological polar surface area (TPSA) is 286 Å². The third-order valence-corrected chi connectivity index (χ3v) is 11.5. The van der Waals surface area contributed by atoms with E-state index in [0.717, 1.165) is 12.0 Å². The summed E-state index contributed by atoms with van der Waals surface area (Å²) in [6, 6.07) is 14.8. The molecule has 8 rings (SSSR count). The first-order chi connectivity index (χ1) is 30.8. The van der Waals surface area contributed by atoms with Crippen LogP contribution in [0.25, 0.3) is 0 Å². The molecule has 3 saturated heterocycles. The summed E-state index contributed by atoms with van der Waals surface area (Å²) in [6.07, 6.45) is 5.06. The number of hydrogen-bond donors (Lipinski definition) is 5. The first-order valence-corrected chi connectivity index (χ1v) is 20.9. The number of aromatic nitrogens is 4. The van der Waals surface area contributed by atoms with Crippen molar-refractivity contribution in [3.8, 4) is 12.1 Å². The van der Waals surface area contributed by atoms with E-state index in [1.54, 1.807) is 39.8 Å². The maximum Gasteiger partial charge on any atom is 1.00 e. The number of amides is 2. The molecule has 339 valence electrons. The van der Waals surface area contributed by atoms with Gasteiger partial charge in [-0.1, -0.05) is 26.0 Å². The molecule has 2 aromatic carbocycles. The normalized spacial score (nSPS) is 20.9. The zero-order valence-electron chi connectivity index (χ0n) is 38.4. The predicted octanol–water partition coefficient (Wildman–Crippen LogP) is -1.87. The van der Waals surface area contributed by atoms with Crippen LogP contribution in [0.1, 0.15) is 72.0 Å². The second-order valence-electron chi connectivity index (χ2n) is 16.7. The van der Waals surface area contributed by atoms with Gasteiger partial charge in [0.25, 0.3) is 11.8 Å². The molecular formula is C42H51B3N10NaO10. The van der Waals surface area contributed by atoms with E-state index in [1.165, 1.54) is 13.3 Å². The first kappa shape index (κ1) is 51.8. The molecule has 1 unspecified atom stereocenters. The van der Waals surface area contributed by atoms with Crippen molar-refractivity contribution in [1.82, 2.24) is 19.6 Å². The summed E-state index contributed by atoms with van der Waals surface area (Å²) in [5.41, 5.74) is 15.7. The molecule has 4 aliphatic heterocycles. The molecule has 0 saturated carbocycles. The molecule has 4 aliphatic rings. The predicted molar refractivity (Wildman–Crippen MR) is 239 cm³/mol. The van der Waals surface area contributed by atoms with Gasteiger partial charge < -0.3 is 56.7 Å². The number of nitrogens with one attached hydrogen (secondary N) is 2. The third-order valence-electron chi connectivity index (χ3n) is 11.5. The second-order valence-corrected chi connectivity index (χ2v) is 16.7. The molecule has 0 bridgehead atoms. The zero-order valence-corrected chi connectivity index (χ0v) is 39.4. The molecule has 66 heavy (non-hydrogen) atoms. The fourth-order valence-corrected chi connectivity index (χ4v) is 7.86. The number of nitrogens with two attached hydrogens (primary N) is 2. The van der Waals surface area contributed by atoms with Crippen molar-refractivity contribution >= 4 is 74.4 Å². The van der Waals surface area contributed by atoms with Crippen molar-refractivity contribution in [3.05, 3.63) is 71.0 Å². The standard InChI is InChI=1S/C24H30BN5O6.C18H20BN5O4.B.Na.H/c1-24(2)13-35-25(36-14-24)19-9-17(5-4-15(19)8-21(31)33-3)28-23-18(22(27)32)11-30(29-23)20-12-34-7-6-16(20)10-26;20-8-12-3-5-27-10-16(12)24-9-14(17(21)25)18(23-24)22-13-2-1-11-4-6-28-19(26)15(11)7-13;;;/h4-5,9,11,16,20H,6-8,12-14H2,1-3H3,(H2,27,32)(H,28,29);1-2,7,9,12,16,26H,3-6,10H2,(H2,21,25)(H,22,23);;;/q;;;+1;-1/t16-,20?;12-,16+;;;/m11.../s1. The van der Waals surface area contributed by atoms with Gasteiger partial charge in [-0.25, -0.2) is 0 Å². The van der Waals surface area contributed by atoms with Crippen LogP contribution < -0.4 is 62.6 Å². The maximum absolute atomic E-state index is 12.2. The number of methoxy groups -OCH3 is 1. The molecular weight excluding hydrogens is 860 g/mol. The molecule has 20 nitrogen and oxygen atoms in total. The first-order valence-electron chi connectivity index (χ1n) is 20.9. The average molecular weight is 911 g/mol. The summed E-state index contributed by atoms with van der Waals surface area (Å²) in [5, 5.41) is 44.2. The van der Waals surface area contributed by atoms with Gasteiger partial charge in [0, 0.05) is 70.6 Å². The van der Waals surface area contributed by atoms with E-state index in [9.17, 15) is 29.9 Å². The quantitative estimate of drug-likeness (QED) is 0.0814. The molecule has 3 fully saturated rings. The van der Waals surface area contributed by atoms with Crippen LogP contribution >= 0.6 is 0 Å². The van der Waals surface area contributed by atoms with Gasteiger partial charge in [-0.3, -0.25) is 23.7 Å². The second kappa shape index (κ2) is 23.0. The van der Waals surface area contributed by atoms with Crippen LogP contribution in [0.5, 0.6) is 0 Å². The van der Waals surface area contributed by atoms with Gasteiger partial charge in [0.2, 0.25) is 0 Å². The van der Waals surface area contributed by atoms with E-state index in [0.29, 0.717) is 92.8 Å². The van der Waals surface area contributed by atoms with Crippen molar-refractivity contribution in [2.24, 2.45) is 28.7 Å². The van der Waals surface area contributed by atoms with E-state index in [1.807, 2.05) is 26.0 Å². The van der Waals surface area contributed by atoms with Gasteiger partial charge in [-0.15, -0.1) is 0 Å². The van der Waals surface area contributed by atoms with Gasteiger partial charge in [0.05, 0.1) is 62.8 Å². The number of carbonyl (C=O) groups excluding carboxylic acids is 3. The van der Waals surface area contributed by atoms with Crippen LogP contribution in [0.3, 0.4) is 0 Å². The smallest absolute Gasteiger partial charge is 1.00 e. The Balaban J connectivity index is 0.000000287. The minimum absolute atomic E-state index is 0. The van der Waals surface area contributed by atoms with Gasteiger partial charge >= 0.3 is 49.8 Å². The summed E-state index contributed by atoms with van der Waals surface area (Å²) < 4.78 is 36.2. The van der Waals surface area contributed by atoms with Gasteiger partial charge in [0.1, 0.15) is 11.1 Å². The van der Waals surface area contributed by atoms with E-state index in [2.05, 4.69) is 33.0 Å². The Kier molecular flexibility index (Phi) is 18.1. The Labute approximate surface area is 408 Å². The molecule has 7 N–H and O–H groups in total. The van der Waals surface area contributed by atoms with Crippen LogP contribution in [-0.2, 0) is 45.8 Å². The van der Waals surface area contributed by atoms with Crippen LogP contribution in [-0.4, -0.2) is 118 Å². The minimum Gasteiger partial charge on any atom is -1.00 e. The SMILES string of the molecule is COC(=O)Cc1ccc(Nc2nn(C3COCC[C@@H]3C#N)cc2C(N)=O)cc1B1OCC(C)(C)CO1.N#C[C@H]1CCOC[C@@H]1n1cc(C(N)=O)c(Nc2ccc3c(c2)B(O)OCC3)n1.[B].[H-].[Na+]. The number of fused-ring (bicyclic) bond motifs is 1. The van der Waals surface area contributed by atoms with Crippen LogP contribution in [0, 0.1) is 39.9 Å². The molecule has 0 spiro atoms. The summed E-state index contributed by atoms with van der Waals surface area (Å²) in [7, 11) is -0.304. The number of anilines is 4. The van der Waals surface area contributed by atoms with Crippen molar-refractivity contribution in [2.75, 3.05) is 64.0 Å².